The highest BCUT2D eigenvalue weighted by molar-refractivity contribution is 4.72. The van der Waals surface area contributed by atoms with Crippen molar-refractivity contribution in [3.8, 4) is 0 Å². The second kappa shape index (κ2) is 8.08. The molecule has 0 aliphatic carbocycles. The molecule has 0 rings (SSSR count). The molecule has 0 fully saturated rings. The summed E-state index contributed by atoms with van der Waals surface area (Å²) < 4.78 is 0. The Morgan fingerprint density at radius 1 is 1.19 bits per heavy atom. The molecule has 2 heteroatoms. The highest BCUT2D eigenvalue weighted by Gasteiger charge is 2.12. The van der Waals surface area contributed by atoms with Gasteiger partial charge in [-0.3, -0.25) is 0 Å². The number of unbranched alkanes of at least 4 members (excludes halogenated alkanes) is 2. The average Bonchev–Trinajstić information content (AvgIpc) is 2.14. The summed E-state index contributed by atoms with van der Waals surface area (Å²) in [5.41, 5.74) is 0.245. The van der Waals surface area contributed by atoms with Crippen LogP contribution in [0.3, 0.4) is 0 Å². The van der Waals surface area contributed by atoms with Crippen LogP contribution in [0.4, 0.5) is 0 Å². The van der Waals surface area contributed by atoms with Crippen LogP contribution in [0.2, 0.25) is 0 Å². The van der Waals surface area contributed by atoms with Gasteiger partial charge in [0.05, 0.1) is 0 Å². The lowest BCUT2D eigenvalue weighted by atomic mass is 10.1. The molecule has 0 aliphatic heterocycles. The van der Waals surface area contributed by atoms with E-state index in [-0.39, 0.29) is 5.54 Å². The average molecular weight is 228 g/mol. The fraction of sp³-hybridized carbons (Fsp3) is 1.00. The molecule has 0 saturated carbocycles. The third kappa shape index (κ3) is 10.4. The minimum Gasteiger partial charge on any atom is -0.312 e. The Balaban J connectivity index is 3.57. The van der Waals surface area contributed by atoms with Crippen molar-refractivity contribution in [2.75, 3.05) is 26.7 Å². The van der Waals surface area contributed by atoms with Gasteiger partial charge in [-0.2, -0.15) is 0 Å². The largest absolute Gasteiger partial charge is 0.312 e. The Kier molecular flexibility index (Phi) is 8.04. The van der Waals surface area contributed by atoms with Crippen LogP contribution in [0, 0.1) is 5.92 Å². The molecule has 0 aromatic heterocycles. The van der Waals surface area contributed by atoms with E-state index in [9.17, 15) is 0 Å². The van der Waals surface area contributed by atoms with Gasteiger partial charge in [-0.05, 0) is 53.2 Å². The van der Waals surface area contributed by atoms with E-state index in [0.717, 1.165) is 12.5 Å². The smallest absolute Gasteiger partial charge is 0.00966 e. The molecule has 0 bridgehead atoms. The molecule has 0 aliphatic rings. The van der Waals surface area contributed by atoms with Crippen molar-refractivity contribution in [3.63, 3.8) is 0 Å². The normalized spacial score (nSPS) is 14.4. The van der Waals surface area contributed by atoms with Crippen LogP contribution >= 0.6 is 0 Å². The van der Waals surface area contributed by atoms with Crippen LogP contribution in [0.1, 0.15) is 53.9 Å². The monoisotopic (exact) mass is 228 g/mol. The van der Waals surface area contributed by atoms with Gasteiger partial charge in [0.2, 0.25) is 0 Å². The van der Waals surface area contributed by atoms with E-state index in [0.29, 0.717) is 0 Å². The SMILES string of the molecule is CCCCCN(C)CC(C)CNC(C)(C)C. The first-order valence-corrected chi connectivity index (χ1v) is 6.78. The lowest BCUT2D eigenvalue weighted by molar-refractivity contribution is 0.263. The van der Waals surface area contributed by atoms with Crippen molar-refractivity contribution in [2.24, 2.45) is 5.92 Å². The molecule has 0 spiro atoms. The lowest BCUT2D eigenvalue weighted by Crippen LogP contribution is -2.41. The third-order valence-corrected chi connectivity index (χ3v) is 2.75. The number of rotatable bonds is 8. The summed E-state index contributed by atoms with van der Waals surface area (Å²) in [6.45, 7) is 14.8. The number of hydrogen-bond acceptors (Lipinski definition) is 2. The van der Waals surface area contributed by atoms with E-state index in [2.05, 4.69) is 51.9 Å². The number of nitrogens with zero attached hydrogens (tertiary/aromatic N) is 1. The highest BCUT2D eigenvalue weighted by Crippen LogP contribution is 2.04. The molecule has 1 unspecified atom stereocenters. The first kappa shape index (κ1) is 15.9. The molecular formula is C14H32N2. The Hall–Kier alpha value is -0.0800. The molecule has 0 aromatic rings. The van der Waals surface area contributed by atoms with Crippen LogP contribution in [-0.4, -0.2) is 37.1 Å². The molecule has 2 nitrogen and oxygen atoms in total. The topological polar surface area (TPSA) is 15.3 Å². The first-order valence-electron chi connectivity index (χ1n) is 6.78. The van der Waals surface area contributed by atoms with Crippen LogP contribution in [0.15, 0.2) is 0 Å². The number of hydrogen-bond donors (Lipinski definition) is 1. The summed E-state index contributed by atoms with van der Waals surface area (Å²) >= 11 is 0. The molecule has 16 heavy (non-hydrogen) atoms. The summed E-state index contributed by atoms with van der Waals surface area (Å²) in [6.07, 6.45) is 4.01. The zero-order valence-corrected chi connectivity index (χ0v) is 12.3. The summed E-state index contributed by atoms with van der Waals surface area (Å²) in [4.78, 5) is 2.46. The van der Waals surface area contributed by atoms with Crippen LogP contribution < -0.4 is 5.32 Å². The third-order valence-electron chi connectivity index (χ3n) is 2.75. The van der Waals surface area contributed by atoms with Crippen molar-refractivity contribution in [1.82, 2.24) is 10.2 Å². The summed E-state index contributed by atoms with van der Waals surface area (Å²) in [5, 5.41) is 3.57. The fourth-order valence-corrected chi connectivity index (χ4v) is 1.80. The fourth-order valence-electron chi connectivity index (χ4n) is 1.80. The zero-order chi connectivity index (χ0) is 12.6. The van der Waals surface area contributed by atoms with E-state index < -0.39 is 0 Å². The summed E-state index contributed by atoms with van der Waals surface area (Å²) in [5.74, 6) is 0.728. The van der Waals surface area contributed by atoms with Crippen molar-refractivity contribution in [1.29, 1.82) is 0 Å². The van der Waals surface area contributed by atoms with Gasteiger partial charge < -0.3 is 10.2 Å². The molecule has 1 N–H and O–H groups in total. The van der Waals surface area contributed by atoms with E-state index in [1.165, 1.54) is 32.4 Å². The maximum absolute atomic E-state index is 3.57. The quantitative estimate of drug-likeness (QED) is 0.642. The Morgan fingerprint density at radius 3 is 2.31 bits per heavy atom. The standard InChI is InChI=1S/C14H32N2/c1-7-8-9-10-16(6)12-13(2)11-15-14(3,4)5/h13,15H,7-12H2,1-6H3. The molecule has 0 aromatic carbocycles. The summed E-state index contributed by atoms with van der Waals surface area (Å²) in [7, 11) is 2.24. The number of nitrogens with one attached hydrogen (secondary N) is 1. The van der Waals surface area contributed by atoms with Gasteiger partial charge >= 0.3 is 0 Å². The molecule has 0 radical (unpaired) electrons. The van der Waals surface area contributed by atoms with Gasteiger partial charge in [-0.25, -0.2) is 0 Å². The molecule has 1 atom stereocenters. The Bertz CT molecular complexity index is 161. The van der Waals surface area contributed by atoms with Gasteiger partial charge in [-0.15, -0.1) is 0 Å². The minimum atomic E-state index is 0.245. The predicted molar refractivity (Wildman–Crippen MR) is 73.9 cm³/mol. The molecular weight excluding hydrogens is 196 g/mol. The van der Waals surface area contributed by atoms with E-state index >= 15 is 0 Å². The highest BCUT2D eigenvalue weighted by atomic mass is 15.1. The van der Waals surface area contributed by atoms with Crippen LogP contribution in [0.25, 0.3) is 0 Å². The van der Waals surface area contributed by atoms with Crippen molar-refractivity contribution >= 4 is 0 Å². The van der Waals surface area contributed by atoms with Gasteiger partial charge in [0.25, 0.3) is 0 Å². The maximum atomic E-state index is 3.57. The predicted octanol–water partition coefficient (Wildman–Crippen LogP) is 3.13. The van der Waals surface area contributed by atoms with Crippen molar-refractivity contribution in [2.45, 2.75) is 59.4 Å². The summed E-state index contributed by atoms with van der Waals surface area (Å²) in [6, 6.07) is 0. The first-order chi connectivity index (χ1) is 7.35. The van der Waals surface area contributed by atoms with Gasteiger partial charge in [0, 0.05) is 12.1 Å². The van der Waals surface area contributed by atoms with Crippen molar-refractivity contribution in [3.05, 3.63) is 0 Å². The second-order valence-electron chi connectivity index (χ2n) is 6.21. The second-order valence-corrected chi connectivity index (χ2v) is 6.21. The molecule has 0 saturated heterocycles. The maximum Gasteiger partial charge on any atom is 0.00966 e. The van der Waals surface area contributed by atoms with Crippen molar-refractivity contribution < 1.29 is 0 Å². The minimum absolute atomic E-state index is 0.245. The van der Waals surface area contributed by atoms with E-state index in [1.807, 2.05) is 0 Å². The molecule has 0 heterocycles. The van der Waals surface area contributed by atoms with E-state index in [1.54, 1.807) is 0 Å². The molecule has 0 amide bonds. The lowest BCUT2D eigenvalue weighted by Gasteiger charge is -2.26. The van der Waals surface area contributed by atoms with Gasteiger partial charge in [-0.1, -0.05) is 26.7 Å². The van der Waals surface area contributed by atoms with Gasteiger partial charge in [0.1, 0.15) is 0 Å². The Morgan fingerprint density at radius 2 is 1.81 bits per heavy atom. The van der Waals surface area contributed by atoms with Crippen LogP contribution in [-0.2, 0) is 0 Å². The zero-order valence-electron chi connectivity index (χ0n) is 12.3. The molecule has 98 valence electrons. The van der Waals surface area contributed by atoms with E-state index in [4.69, 9.17) is 0 Å². The van der Waals surface area contributed by atoms with Crippen LogP contribution in [0.5, 0.6) is 0 Å². The Labute approximate surface area is 103 Å². The van der Waals surface area contributed by atoms with Gasteiger partial charge in [0.15, 0.2) is 0 Å².